The SMILES string of the molecule is COC(=O)N1c2ccc3c(nc(CCn4cccn4)n3CCN(C)[C@H]3CCOC3)c2CC[C@@H]1C. The lowest BCUT2D eigenvalue weighted by Gasteiger charge is -2.34. The Kier molecular flexibility index (Phi) is 6.56. The number of fused-ring (bicyclic) bond motifs is 3. The first-order valence-corrected chi connectivity index (χ1v) is 12.2. The lowest BCUT2D eigenvalue weighted by atomic mass is 9.96. The summed E-state index contributed by atoms with van der Waals surface area (Å²) in [4.78, 5) is 21.9. The first-order valence-electron chi connectivity index (χ1n) is 12.2. The molecule has 0 N–H and O–H groups in total. The van der Waals surface area contributed by atoms with E-state index in [1.165, 1.54) is 7.11 Å². The second kappa shape index (κ2) is 9.76. The molecule has 9 nitrogen and oxygen atoms in total. The van der Waals surface area contributed by atoms with Crippen molar-refractivity contribution in [1.29, 1.82) is 0 Å². The predicted octanol–water partition coefficient (Wildman–Crippen LogP) is 3.10. The molecule has 0 saturated carbocycles. The van der Waals surface area contributed by atoms with Crippen molar-refractivity contribution >= 4 is 22.8 Å². The van der Waals surface area contributed by atoms with Crippen LogP contribution < -0.4 is 4.90 Å². The van der Waals surface area contributed by atoms with E-state index in [-0.39, 0.29) is 12.1 Å². The molecule has 5 rings (SSSR count). The van der Waals surface area contributed by atoms with Crippen LogP contribution in [-0.4, -0.2) is 76.3 Å². The van der Waals surface area contributed by atoms with Crippen LogP contribution in [0, 0.1) is 0 Å². The molecule has 0 bridgehead atoms. The summed E-state index contributed by atoms with van der Waals surface area (Å²) in [6.45, 7) is 6.28. The van der Waals surface area contributed by atoms with Gasteiger partial charge in [0.1, 0.15) is 5.82 Å². The number of benzene rings is 1. The molecule has 2 aliphatic heterocycles. The Morgan fingerprint density at radius 3 is 2.91 bits per heavy atom. The monoisotopic (exact) mass is 466 g/mol. The number of carbonyl (C=O) groups is 1. The molecule has 2 aromatic heterocycles. The van der Waals surface area contributed by atoms with Gasteiger partial charge in [0.2, 0.25) is 0 Å². The third kappa shape index (κ3) is 4.30. The third-order valence-electron chi connectivity index (χ3n) is 7.29. The first kappa shape index (κ1) is 22.9. The van der Waals surface area contributed by atoms with Crippen molar-refractivity contribution in [1.82, 2.24) is 24.2 Å². The van der Waals surface area contributed by atoms with E-state index in [2.05, 4.69) is 40.7 Å². The molecule has 0 unspecified atom stereocenters. The normalized spacial score (nSPS) is 20.3. The molecule has 4 heterocycles. The van der Waals surface area contributed by atoms with Gasteiger partial charge in [0, 0.05) is 62.7 Å². The maximum atomic E-state index is 12.5. The maximum Gasteiger partial charge on any atom is 0.414 e. The number of aromatic nitrogens is 4. The minimum atomic E-state index is -0.313. The lowest BCUT2D eigenvalue weighted by molar-refractivity contribution is 0.157. The molecule has 0 radical (unpaired) electrons. The summed E-state index contributed by atoms with van der Waals surface area (Å²) in [5, 5.41) is 4.36. The van der Waals surface area contributed by atoms with Gasteiger partial charge in [-0.25, -0.2) is 9.78 Å². The molecule has 0 spiro atoms. The van der Waals surface area contributed by atoms with Gasteiger partial charge < -0.3 is 14.0 Å². The van der Waals surface area contributed by atoms with E-state index in [4.69, 9.17) is 14.5 Å². The van der Waals surface area contributed by atoms with Gasteiger partial charge in [-0.2, -0.15) is 5.10 Å². The predicted molar refractivity (Wildman–Crippen MR) is 130 cm³/mol. The fourth-order valence-corrected chi connectivity index (χ4v) is 5.25. The first-order chi connectivity index (χ1) is 16.6. The standard InChI is InChI=1S/C25H34N6O3/c1-18-5-6-20-21(31(18)25(32)33-3)7-8-22-24(20)27-23(9-13-29-12-4-11-26-29)30(22)15-14-28(2)19-10-16-34-17-19/h4,7-8,11-12,18-19H,5-6,9-10,13-17H2,1-3H3/t18-,19-/m0/s1. The molecule has 9 heteroatoms. The van der Waals surface area contributed by atoms with Gasteiger partial charge in [0.15, 0.2) is 0 Å². The van der Waals surface area contributed by atoms with Gasteiger partial charge >= 0.3 is 6.09 Å². The highest BCUT2D eigenvalue weighted by molar-refractivity contribution is 5.95. The molecule has 1 saturated heterocycles. The van der Waals surface area contributed by atoms with Gasteiger partial charge in [-0.05, 0) is 51.4 Å². The number of rotatable bonds is 7. The minimum absolute atomic E-state index is 0.0982. The highest BCUT2D eigenvalue weighted by Gasteiger charge is 2.31. The van der Waals surface area contributed by atoms with Crippen LogP contribution in [0.15, 0.2) is 30.6 Å². The van der Waals surface area contributed by atoms with E-state index in [1.54, 1.807) is 11.1 Å². The fourth-order valence-electron chi connectivity index (χ4n) is 5.25. The summed E-state index contributed by atoms with van der Waals surface area (Å²) >= 11 is 0. The number of hydrogen-bond acceptors (Lipinski definition) is 6. The Bertz CT molecular complexity index is 1140. The molecule has 3 aromatic rings. The molecule has 1 fully saturated rings. The Balaban J connectivity index is 1.49. The van der Waals surface area contributed by atoms with E-state index >= 15 is 0 Å². The van der Waals surface area contributed by atoms with Crippen LogP contribution in [0.4, 0.5) is 10.5 Å². The van der Waals surface area contributed by atoms with Crippen LogP contribution in [0.2, 0.25) is 0 Å². The number of hydrogen-bond donors (Lipinski definition) is 0. The molecule has 2 atom stereocenters. The van der Waals surface area contributed by atoms with E-state index in [9.17, 15) is 4.79 Å². The molecule has 34 heavy (non-hydrogen) atoms. The summed E-state index contributed by atoms with van der Waals surface area (Å²) in [5.41, 5.74) is 4.18. The Morgan fingerprint density at radius 2 is 2.18 bits per heavy atom. The molecular formula is C25H34N6O3. The van der Waals surface area contributed by atoms with Crippen LogP contribution >= 0.6 is 0 Å². The van der Waals surface area contributed by atoms with Gasteiger partial charge in [0.25, 0.3) is 0 Å². The summed E-state index contributed by atoms with van der Waals surface area (Å²) in [6.07, 6.45) is 7.14. The largest absolute Gasteiger partial charge is 0.452 e. The average molecular weight is 467 g/mol. The Labute approximate surface area is 200 Å². The van der Waals surface area contributed by atoms with E-state index < -0.39 is 0 Å². The zero-order valence-electron chi connectivity index (χ0n) is 20.3. The van der Waals surface area contributed by atoms with Crippen molar-refractivity contribution in [2.45, 2.75) is 57.8 Å². The third-order valence-corrected chi connectivity index (χ3v) is 7.29. The highest BCUT2D eigenvalue weighted by Crippen LogP contribution is 2.36. The van der Waals surface area contributed by atoms with Crippen molar-refractivity contribution in [3.63, 3.8) is 0 Å². The van der Waals surface area contributed by atoms with Crippen molar-refractivity contribution < 1.29 is 14.3 Å². The van der Waals surface area contributed by atoms with Crippen molar-refractivity contribution in [3.8, 4) is 0 Å². The number of ether oxygens (including phenoxy) is 2. The van der Waals surface area contributed by atoms with Crippen molar-refractivity contribution in [2.24, 2.45) is 0 Å². The topological polar surface area (TPSA) is 77.7 Å². The molecule has 1 amide bonds. The number of carbonyl (C=O) groups excluding carboxylic acids is 1. The average Bonchev–Trinajstić information content (AvgIpc) is 3.61. The van der Waals surface area contributed by atoms with Gasteiger partial charge in [-0.15, -0.1) is 0 Å². The summed E-state index contributed by atoms with van der Waals surface area (Å²) in [7, 11) is 3.62. The molecule has 2 aliphatic rings. The van der Waals surface area contributed by atoms with Crippen molar-refractivity contribution in [3.05, 3.63) is 42.0 Å². The molecule has 182 valence electrons. The Hall–Kier alpha value is -2.91. The van der Waals surface area contributed by atoms with E-state index in [0.717, 1.165) is 86.6 Å². The van der Waals surface area contributed by atoms with Crippen LogP contribution in [0.5, 0.6) is 0 Å². The van der Waals surface area contributed by atoms with Crippen LogP contribution in [-0.2, 0) is 35.4 Å². The van der Waals surface area contributed by atoms with Crippen LogP contribution in [0.1, 0.15) is 31.2 Å². The van der Waals surface area contributed by atoms with Crippen LogP contribution in [0.25, 0.3) is 11.0 Å². The van der Waals surface area contributed by atoms with Crippen LogP contribution in [0.3, 0.4) is 0 Å². The summed E-state index contributed by atoms with van der Waals surface area (Å²) in [5.74, 6) is 1.05. The molecule has 1 aromatic carbocycles. The summed E-state index contributed by atoms with van der Waals surface area (Å²) in [6, 6.07) is 6.70. The van der Waals surface area contributed by atoms with Crippen molar-refractivity contribution in [2.75, 3.05) is 38.8 Å². The minimum Gasteiger partial charge on any atom is -0.452 e. The number of aryl methyl sites for hydroxylation is 3. The number of anilines is 1. The van der Waals surface area contributed by atoms with E-state index in [0.29, 0.717) is 6.04 Å². The molecular weight excluding hydrogens is 432 g/mol. The number of imidazole rings is 1. The lowest BCUT2D eigenvalue weighted by Crippen LogP contribution is -2.42. The number of methoxy groups -OCH3 is 1. The quantitative estimate of drug-likeness (QED) is 0.533. The molecule has 0 aliphatic carbocycles. The van der Waals surface area contributed by atoms with E-state index in [1.807, 2.05) is 16.9 Å². The van der Waals surface area contributed by atoms with Gasteiger partial charge in [0.05, 0.1) is 30.4 Å². The van der Waals surface area contributed by atoms with Gasteiger partial charge in [-0.1, -0.05) is 0 Å². The fraction of sp³-hybridized carbons (Fsp3) is 0.560. The number of nitrogens with zero attached hydrogens (tertiary/aromatic N) is 6. The summed E-state index contributed by atoms with van der Waals surface area (Å²) < 4.78 is 15.0. The highest BCUT2D eigenvalue weighted by atomic mass is 16.5. The second-order valence-electron chi connectivity index (χ2n) is 9.36. The number of likely N-dealkylation sites (N-methyl/N-ethyl adjacent to an activating group) is 1. The Morgan fingerprint density at radius 1 is 1.29 bits per heavy atom. The maximum absolute atomic E-state index is 12.5. The smallest absolute Gasteiger partial charge is 0.414 e. The zero-order chi connectivity index (χ0) is 23.7. The number of amides is 1. The van der Waals surface area contributed by atoms with Gasteiger partial charge in [-0.3, -0.25) is 14.5 Å². The zero-order valence-corrected chi connectivity index (χ0v) is 20.3. The second-order valence-corrected chi connectivity index (χ2v) is 9.36.